The molecule has 1 N–H and O–H groups in total. The summed E-state index contributed by atoms with van der Waals surface area (Å²) in [5, 5.41) is 2.87. The third kappa shape index (κ3) is 6.12. The Morgan fingerprint density at radius 1 is 0.861 bits per heavy atom. The van der Waals surface area contributed by atoms with Gasteiger partial charge in [0.1, 0.15) is 23.9 Å². The molecule has 36 heavy (non-hydrogen) atoms. The molecule has 0 saturated carbocycles. The molecule has 2 heterocycles. The van der Waals surface area contributed by atoms with Gasteiger partial charge in [-0.3, -0.25) is 9.69 Å². The van der Waals surface area contributed by atoms with Gasteiger partial charge in [0.25, 0.3) is 5.91 Å². The number of benzene rings is 3. The molecule has 4 aromatic rings. The number of furan rings is 1. The zero-order valence-electron chi connectivity index (χ0n) is 19.9. The van der Waals surface area contributed by atoms with E-state index in [4.69, 9.17) is 9.15 Å². The highest BCUT2D eigenvalue weighted by Crippen LogP contribution is 2.21. The molecule has 1 aromatic heterocycles. The first kappa shape index (κ1) is 23.6. The minimum Gasteiger partial charge on any atom is -0.486 e. The second-order valence-corrected chi connectivity index (χ2v) is 8.76. The van der Waals surface area contributed by atoms with Crippen molar-refractivity contribution in [2.75, 3.05) is 36.4 Å². The number of amides is 1. The van der Waals surface area contributed by atoms with Gasteiger partial charge in [0.15, 0.2) is 5.76 Å². The summed E-state index contributed by atoms with van der Waals surface area (Å²) in [5.74, 6) is 0.577. The number of hydrogen-bond donors (Lipinski definition) is 1. The fourth-order valence-electron chi connectivity index (χ4n) is 4.22. The van der Waals surface area contributed by atoms with Gasteiger partial charge in [0.2, 0.25) is 0 Å². The molecule has 1 fully saturated rings. The van der Waals surface area contributed by atoms with E-state index in [9.17, 15) is 9.18 Å². The molecule has 0 atom stereocenters. The SMILES string of the molecule is O=C(Nc1ccc(N2CCN(Cc3ccccc3)CC2)cc1)c1ccc(COc2ccc(F)cc2)o1. The third-order valence-corrected chi connectivity index (χ3v) is 6.19. The first-order chi connectivity index (χ1) is 17.6. The first-order valence-electron chi connectivity index (χ1n) is 12.0. The van der Waals surface area contributed by atoms with Crippen LogP contribution in [0.1, 0.15) is 21.9 Å². The summed E-state index contributed by atoms with van der Waals surface area (Å²) in [6.45, 7) is 5.08. The van der Waals surface area contributed by atoms with Crippen molar-refractivity contribution in [3.63, 3.8) is 0 Å². The van der Waals surface area contributed by atoms with Crippen molar-refractivity contribution in [2.45, 2.75) is 13.2 Å². The van der Waals surface area contributed by atoms with Crippen LogP contribution >= 0.6 is 0 Å². The van der Waals surface area contributed by atoms with E-state index in [2.05, 4.69) is 39.4 Å². The second kappa shape index (κ2) is 11.1. The molecule has 0 unspecified atom stereocenters. The zero-order chi connectivity index (χ0) is 24.7. The van der Waals surface area contributed by atoms with E-state index < -0.39 is 0 Å². The van der Waals surface area contributed by atoms with E-state index in [1.165, 1.54) is 17.7 Å². The lowest BCUT2D eigenvalue weighted by Gasteiger charge is -2.36. The minimum absolute atomic E-state index is 0.145. The number of halogens is 1. The quantitative estimate of drug-likeness (QED) is 0.354. The van der Waals surface area contributed by atoms with E-state index in [-0.39, 0.29) is 24.1 Å². The first-order valence-corrected chi connectivity index (χ1v) is 12.0. The van der Waals surface area contributed by atoms with Gasteiger partial charge in [0.05, 0.1) is 0 Å². The fourth-order valence-corrected chi connectivity index (χ4v) is 4.22. The van der Waals surface area contributed by atoms with E-state index in [0.29, 0.717) is 17.2 Å². The van der Waals surface area contributed by atoms with Crippen LogP contribution in [-0.2, 0) is 13.2 Å². The molecule has 184 valence electrons. The Kier molecular flexibility index (Phi) is 7.28. The molecule has 6 nitrogen and oxygen atoms in total. The Morgan fingerprint density at radius 2 is 1.58 bits per heavy atom. The number of piperazine rings is 1. The number of nitrogens with one attached hydrogen (secondary N) is 1. The van der Waals surface area contributed by atoms with Gasteiger partial charge in [-0.25, -0.2) is 4.39 Å². The summed E-state index contributed by atoms with van der Waals surface area (Å²) < 4.78 is 24.2. The average molecular weight is 486 g/mol. The monoisotopic (exact) mass is 485 g/mol. The highest BCUT2D eigenvalue weighted by Gasteiger charge is 2.18. The maximum absolute atomic E-state index is 13.0. The standard InChI is InChI=1S/C29H28FN3O3/c30-23-6-12-26(13-7-23)35-21-27-14-15-28(36-27)29(34)31-24-8-10-25(11-9-24)33-18-16-32(17-19-33)20-22-4-2-1-3-5-22/h1-15H,16-21H2,(H,31,34). The lowest BCUT2D eigenvalue weighted by Crippen LogP contribution is -2.45. The number of hydrogen-bond acceptors (Lipinski definition) is 5. The molecule has 1 saturated heterocycles. The topological polar surface area (TPSA) is 58.0 Å². The van der Waals surface area contributed by atoms with Crippen LogP contribution in [0.4, 0.5) is 15.8 Å². The number of nitrogens with zero attached hydrogens (tertiary/aromatic N) is 2. The van der Waals surface area contributed by atoms with Crippen LogP contribution in [-0.4, -0.2) is 37.0 Å². The van der Waals surface area contributed by atoms with Crippen LogP contribution in [0.3, 0.4) is 0 Å². The molecule has 3 aromatic carbocycles. The normalized spacial score (nSPS) is 14.0. The molecular weight excluding hydrogens is 457 g/mol. The predicted molar refractivity (Wildman–Crippen MR) is 138 cm³/mol. The summed E-state index contributed by atoms with van der Waals surface area (Å²) >= 11 is 0. The van der Waals surface area contributed by atoms with Crippen LogP contribution in [0.15, 0.2) is 95.4 Å². The average Bonchev–Trinajstić information content (AvgIpc) is 3.39. The number of carbonyl (C=O) groups is 1. The molecular formula is C29H28FN3O3. The highest BCUT2D eigenvalue weighted by molar-refractivity contribution is 6.02. The van der Waals surface area contributed by atoms with Crippen molar-refractivity contribution in [3.05, 3.63) is 114 Å². The van der Waals surface area contributed by atoms with Gasteiger partial charge < -0.3 is 19.4 Å². The van der Waals surface area contributed by atoms with Gasteiger partial charge in [0, 0.05) is 44.1 Å². The molecule has 0 radical (unpaired) electrons. The lowest BCUT2D eigenvalue weighted by atomic mass is 10.2. The Balaban J connectivity index is 1.10. The number of rotatable bonds is 8. The van der Waals surface area contributed by atoms with Crippen LogP contribution < -0.4 is 15.0 Å². The van der Waals surface area contributed by atoms with Crippen LogP contribution in [0.5, 0.6) is 5.75 Å². The van der Waals surface area contributed by atoms with Crippen molar-refractivity contribution in [3.8, 4) is 5.75 Å². The zero-order valence-corrected chi connectivity index (χ0v) is 19.9. The van der Waals surface area contributed by atoms with Gasteiger partial charge in [-0.15, -0.1) is 0 Å². The van der Waals surface area contributed by atoms with Crippen molar-refractivity contribution in [2.24, 2.45) is 0 Å². The van der Waals surface area contributed by atoms with Crippen molar-refractivity contribution in [1.29, 1.82) is 0 Å². The molecule has 1 aliphatic rings. The summed E-state index contributed by atoms with van der Waals surface area (Å²) in [5.41, 5.74) is 3.19. The molecule has 1 amide bonds. The largest absolute Gasteiger partial charge is 0.486 e. The molecule has 0 aliphatic carbocycles. The number of carbonyl (C=O) groups excluding carboxylic acids is 1. The van der Waals surface area contributed by atoms with Crippen molar-refractivity contribution >= 4 is 17.3 Å². The molecule has 7 heteroatoms. The van der Waals surface area contributed by atoms with Crippen LogP contribution in [0.2, 0.25) is 0 Å². The maximum Gasteiger partial charge on any atom is 0.291 e. The van der Waals surface area contributed by atoms with Gasteiger partial charge in [-0.1, -0.05) is 30.3 Å². The second-order valence-electron chi connectivity index (χ2n) is 8.76. The van der Waals surface area contributed by atoms with Crippen LogP contribution in [0, 0.1) is 5.82 Å². The summed E-state index contributed by atoms with van der Waals surface area (Å²) in [4.78, 5) is 17.5. The fraction of sp³-hybridized carbons (Fsp3) is 0.207. The Bertz CT molecular complexity index is 1270. The van der Waals surface area contributed by atoms with E-state index in [1.54, 1.807) is 24.3 Å². The van der Waals surface area contributed by atoms with E-state index in [1.807, 2.05) is 30.3 Å². The lowest BCUT2D eigenvalue weighted by molar-refractivity contribution is 0.0992. The van der Waals surface area contributed by atoms with Gasteiger partial charge in [-0.2, -0.15) is 0 Å². The Hall–Kier alpha value is -4.10. The Morgan fingerprint density at radius 3 is 2.31 bits per heavy atom. The number of anilines is 2. The smallest absolute Gasteiger partial charge is 0.291 e. The molecule has 5 rings (SSSR count). The van der Waals surface area contributed by atoms with Crippen molar-refractivity contribution < 1.29 is 18.3 Å². The van der Waals surface area contributed by atoms with E-state index in [0.717, 1.165) is 38.4 Å². The Labute approximate surface area is 209 Å². The predicted octanol–water partition coefficient (Wildman–Crippen LogP) is 5.57. The summed E-state index contributed by atoms with van der Waals surface area (Å²) in [7, 11) is 0. The maximum atomic E-state index is 13.0. The minimum atomic E-state index is -0.328. The summed E-state index contributed by atoms with van der Waals surface area (Å²) in [6.07, 6.45) is 0. The molecule has 1 aliphatic heterocycles. The summed E-state index contributed by atoms with van der Waals surface area (Å²) in [6, 6.07) is 27.5. The van der Waals surface area contributed by atoms with Crippen LogP contribution in [0.25, 0.3) is 0 Å². The molecule has 0 spiro atoms. The third-order valence-electron chi connectivity index (χ3n) is 6.19. The van der Waals surface area contributed by atoms with Gasteiger partial charge >= 0.3 is 0 Å². The highest BCUT2D eigenvalue weighted by atomic mass is 19.1. The molecule has 0 bridgehead atoms. The van der Waals surface area contributed by atoms with Crippen molar-refractivity contribution in [1.82, 2.24) is 4.90 Å². The van der Waals surface area contributed by atoms with E-state index >= 15 is 0 Å². The number of ether oxygens (including phenoxy) is 1. The van der Waals surface area contributed by atoms with Gasteiger partial charge in [-0.05, 0) is 66.2 Å².